The zero-order chi connectivity index (χ0) is 34.3. The van der Waals surface area contributed by atoms with E-state index in [1.165, 1.54) is 5.56 Å². The lowest BCUT2D eigenvalue weighted by molar-refractivity contribution is -0.136. The van der Waals surface area contributed by atoms with Gasteiger partial charge in [0.2, 0.25) is 11.8 Å². The smallest absolute Gasteiger partial charge is 0.251 e. The predicted octanol–water partition coefficient (Wildman–Crippen LogP) is 7.93. The van der Waals surface area contributed by atoms with Crippen molar-refractivity contribution in [3.05, 3.63) is 114 Å². The molecule has 1 heterocycles. The van der Waals surface area contributed by atoms with Gasteiger partial charge >= 0.3 is 0 Å². The summed E-state index contributed by atoms with van der Waals surface area (Å²) in [5, 5.41) is 3.19. The molecule has 3 atom stereocenters. The van der Waals surface area contributed by atoms with Gasteiger partial charge in [0.25, 0.3) is 5.91 Å². The fourth-order valence-electron chi connectivity index (χ4n) is 7.68. The number of hydrogen-bond acceptors (Lipinski definition) is 4. The number of nitrogens with two attached hydrogens (primary N) is 1. The highest BCUT2D eigenvalue weighted by Gasteiger charge is 2.39. The fourth-order valence-corrected chi connectivity index (χ4v) is 7.68. The predicted molar refractivity (Wildman–Crippen MR) is 197 cm³/mol. The van der Waals surface area contributed by atoms with Crippen LogP contribution in [0.15, 0.2) is 103 Å². The zero-order valence-corrected chi connectivity index (χ0v) is 28.7. The van der Waals surface area contributed by atoms with Crippen molar-refractivity contribution in [1.29, 1.82) is 0 Å². The molecule has 1 saturated carbocycles. The zero-order valence-electron chi connectivity index (χ0n) is 28.7. The molecular formula is C42H48N4O3. The SMILES string of the molecule is CCC[C@H](C(N)=O)[C@@H](CC1CCCC1)C(=O)NC1CN(c2ccccc2)c2ccccc2N(Cc2cccc(-c3ccc(C)cc3)c2)C1=O. The van der Waals surface area contributed by atoms with Crippen LogP contribution in [-0.2, 0) is 20.9 Å². The number of carbonyl (C=O) groups excluding carboxylic acids is 3. The number of nitrogens with one attached hydrogen (secondary N) is 1. The standard InChI is InChI=1S/C42H48N4O3/c1-3-12-35(40(43)47)36(26-30-13-7-8-14-30)41(48)44-37-28-45(34-17-5-4-6-18-34)38-19-9-10-20-39(38)46(42(37)49)27-31-15-11-16-33(25-31)32-23-21-29(2)22-24-32/h4-6,9-11,15-25,30,35-37H,3,7-8,12-14,26-28H2,1-2H3,(H2,43,47)(H,44,48)/t35-,36+,37?/m0/s1. The van der Waals surface area contributed by atoms with E-state index in [1.54, 1.807) is 4.90 Å². The minimum atomic E-state index is -0.860. The maximum atomic E-state index is 14.8. The molecule has 4 aromatic rings. The molecule has 7 heteroatoms. The summed E-state index contributed by atoms with van der Waals surface area (Å²) < 4.78 is 0. The van der Waals surface area contributed by atoms with Crippen LogP contribution in [0.5, 0.6) is 0 Å². The molecule has 1 aliphatic carbocycles. The normalized spacial score (nSPS) is 17.7. The van der Waals surface area contributed by atoms with Gasteiger partial charge < -0.3 is 20.9 Å². The summed E-state index contributed by atoms with van der Waals surface area (Å²) in [4.78, 5) is 45.9. The lowest BCUT2D eigenvalue weighted by Crippen LogP contribution is -2.54. The van der Waals surface area contributed by atoms with E-state index < -0.39 is 23.8 Å². The number of nitrogens with zero attached hydrogens (tertiary/aromatic N) is 2. The molecule has 7 nitrogen and oxygen atoms in total. The molecule has 49 heavy (non-hydrogen) atoms. The van der Waals surface area contributed by atoms with Crippen LogP contribution in [0.25, 0.3) is 11.1 Å². The first kappa shape index (κ1) is 34.0. The first-order valence-electron chi connectivity index (χ1n) is 17.8. The quantitative estimate of drug-likeness (QED) is 0.162. The van der Waals surface area contributed by atoms with Crippen molar-refractivity contribution in [1.82, 2.24) is 5.32 Å². The van der Waals surface area contributed by atoms with Crippen LogP contribution in [0.2, 0.25) is 0 Å². The number of anilines is 3. The number of carbonyl (C=O) groups is 3. The summed E-state index contributed by atoms with van der Waals surface area (Å²) in [7, 11) is 0. The summed E-state index contributed by atoms with van der Waals surface area (Å²) in [5.74, 6) is -1.67. The van der Waals surface area contributed by atoms with Crippen molar-refractivity contribution < 1.29 is 14.4 Å². The highest BCUT2D eigenvalue weighted by Crippen LogP contribution is 2.39. The number of rotatable bonds is 12. The van der Waals surface area contributed by atoms with Gasteiger partial charge in [0.15, 0.2) is 0 Å². The Bertz CT molecular complexity index is 1750. The van der Waals surface area contributed by atoms with Crippen LogP contribution >= 0.6 is 0 Å². The number of hydrogen-bond donors (Lipinski definition) is 2. The Kier molecular flexibility index (Phi) is 10.8. The third-order valence-corrected chi connectivity index (χ3v) is 10.3. The van der Waals surface area contributed by atoms with Crippen molar-refractivity contribution in [2.75, 3.05) is 16.3 Å². The van der Waals surface area contributed by atoms with E-state index in [0.29, 0.717) is 25.3 Å². The van der Waals surface area contributed by atoms with Gasteiger partial charge in [-0.1, -0.05) is 117 Å². The minimum absolute atomic E-state index is 0.189. The Morgan fingerprint density at radius 3 is 2.22 bits per heavy atom. The third-order valence-electron chi connectivity index (χ3n) is 10.3. The largest absolute Gasteiger partial charge is 0.369 e. The summed E-state index contributed by atoms with van der Waals surface area (Å²) in [6.45, 7) is 4.66. The Labute approximate surface area is 290 Å². The van der Waals surface area contributed by atoms with Crippen LogP contribution in [0, 0.1) is 24.7 Å². The van der Waals surface area contributed by atoms with Crippen molar-refractivity contribution in [2.24, 2.45) is 23.5 Å². The molecule has 3 N–H and O–H groups in total. The van der Waals surface area contributed by atoms with E-state index in [2.05, 4.69) is 53.5 Å². The molecule has 0 saturated heterocycles. The second-order valence-electron chi connectivity index (χ2n) is 13.8. The molecule has 0 spiro atoms. The average Bonchev–Trinajstić information content (AvgIpc) is 3.61. The van der Waals surface area contributed by atoms with Crippen molar-refractivity contribution in [3.8, 4) is 11.1 Å². The number of aryl methyl sites for hydroxylation is 1. The molecule has 1 aliphatic heterocycles. The summed E-state index contributed by atoms with van der Waals surface area (Å²) >= 11 is 0. The van der Waals surface area contributed by atoms with Gasteiger partial charge in [0.1, 0.15) is 6.04 Å². The van der Waals surface area contributed by atoms with Gasteiger partial charge in [-0.05, 0) is 72.7 Å². The summed E-state index contributed by atoms with van der Waals surface area (Å²) in [5.41, 5.74) is 12.9. The van der Waals surface area contributed by atoms with Crippen molar-refractivity contribution in [2.45, 2.75) is 71.4 Å². The molecule has 254 valence electrons. The second kappa shape index (κ2) is 15.5. The molecule has 1 fully saturated rings. The van der Waals surface area contributed by atoms with Gasteiger partial charge in [-0.15, -0.1) is 0 Å². The van der Waals surface area contributed by atoms with E-state index in [-0.39, 0.29) is 18.4 Å². The van der Waals surface area contributed by atoms with Gasteiger partial charge in [0, 0.05) is 17.5 Å². The number of fused-ring (bicyclic) bond motifs is 1. The first-order valence-corrected chi connectivity index (χ1v) is 17.8. The fraction of sp³-hybridized carbons (Fsp3) is 0.357. The number of primary amides is 1. The number of benzene rings is 4. The minimum Gasteiger partial charge on any atom is -0.369 e. The second-order valence-corrected chi connectivity index (χ2v) is 13.8. The maximum Gasteiger partial charge on any atom is 0.251 e. The summed E-state index contributed by atoms with van der Waals surface area (Å²) in [6.07, 6.45) is 6.28. The molecule has 1 unspecified atom stereocenters. The van der Waals surface area contributed by atoms with E-state index in [0.717, 1.165) is 65.9 Å². The number of amides is 3. The molecule has 2 aliphatic rings. The first-order chi connectivity index (χ1) is 23.8. The lowest BCUT2D eigenvalue weighted by atomic mass is 9.80. The molecule has 0 bridgehead atoms. The lowest BCUT2D eigenvalue weighted by Gasteiger charge is -2.30. The topological polar surface area (TPSA) is 95.7 Å². The van der Waals surface area contributed by atoms with Gasteiger partial charge in [-0.25, -0.2) is 0 Å². The van der Waals surface area contributed by atoms with Crippen LogP contribution in [0.4, 0.5) is 17.1 Å². The number of para-hydroxylation sites is 3. The van der Waals surface area contributed by atoms with E-state index in [4.69, 9.17) is 5.73 Å². The molecule has 3 amide bonds. The third kappa shape index (κ3) is 7.88. The van der Waals surface area contributed by atoms with E-state index >= 15 is 0 Å². The Balaban J connectivity index is 1.37. The van der Waals surface area contributed by atoms with E-state index in [1.807, 2.05) is 73.7 Å². The van der Waals surface area contributed by atoms with Crippen LogP contribution in [0.1, 0.15) is 63.0 Å². The highest BCUT2D eigenvalue weighted by atomic mass is 16.2. The highest BCUT2D eigenvalue weighted by molar-refractivity contribution is 6.04. The molecule has 6 rings (SSSR count). The van der Waals surface area contributed by atoms with Crippen LogP contribution in [-0.4, -0.2) is 30.3 Å². The Hall–Kier alpha value is -4.91. The molecule has 4 aromatic carbocycles. The van der Waals surface area contributed by atoms with Gasteiger partial charge in [0.05, 0.1) is 24.5 Å². The molecular weight excluding hydrogens is 608 g/mol. The van der Waals surface area contributed by atoms with Gasteiger partial charge in [-0.2, -0.15) is 0 Å². The van der Waals surface area contributed by atoms with Crippen molar-refractivity contribution >= 4 is 34.8 Å². The molecule has 0 radical (unpaired) electrons. The average molecular weight is 657 g/mol. The van der Waals surface area contributed by atoms with Crippen molar-refractivity contribution in [3.63, 3.8) is 0 Å². The van der Waals surface area contributed by atoms with E-state index in [9.17, 15) is 14.4 Å². The van der Waals surface area contributed by atoms with Crippen LogP contribution < -0.4 is 20.9 Å². The Morgan fingerprint density at radius 2 is 1.53 bits per heavy atom. The maximum absolute atomic E-state index is 14.8. The molecule has 0 aromatic heterocycles. The van der Waals surface area contributed by atoms with Gasteiger partial charge in [-0.3, -0.25) is 14.4 Å². The monoisotopic (exact) mass is 656 g/mol. The Morgan fingerprint density at radius 1 is 0.837 bits per heavy atom. The van der Waals surface area contributed by atoms with Crippen LogP contribution in [0.3, 0.4) is 0 Å². The summed E-state index contributed by atoms with van der Waals surface area (Å²) in [6, 6.07) is 33.8.